The maximum Gasteiger partial charge on any atom is 0.388 e. The molecule has 122 valence electrons. The van der Waals surface area contributed by atoms with E-state index in [-0.39, 0.29) is 16.9 Å². The molecular weight excluding hydrogens is 308 g/mol. The summed E-state index contributed by atoms with van der Waals surface area (Å²) in [5.74, 6) is -0.170. The zero-order chi connectivity index (χ0) is 16.4. The minimum atomic E-state index is -2.92. The van der Waals surface area contributed by atoms with Gasteiger partial charge in [0.05, 0.1) is 25.5 Å². The first-order valence-corrected chi connectivity index (χ1v) is 7.02. The van der Waals surface area contributed by atoms with Gasteiger partial charge in [-0.25, -0.2) is 9.67 Å². The minimum Gasteiger partial charge on any atom is -0.417 e. The third kappa shape index (κ3) is 3.53. The van der Waals surface area contributed by atoms with Crippen molar-refractivity contribution in [3.63, 3.8) is 0 Å². The molecule has 0 bridgehead atoms. The van der Waals surface area contributed by atoms with Gasteiger partial charge in [-0.15, -0.1) is 0 Å². The van der Waals surface area contributed by atoms with E-state index in [2.05, 4.69) is 14.8 Å². The van der Waals surface area contributed by atoms with Crippen LogP contribution < -0.4 is 10.3 Å². The zero-order valence-electron chi connectivity index (χ0n) is 12.4. The molecule has 0 spiro atoms. The van der Waals surface area contributed by atoms with Gasteiger partial charge in [-0.3, -0.25) is 4.79 Å². The molecule has 2 aromatic heterocycles. The highest BCUT2D eigenvalue weighted by Crippen LogP contribution is 2.28. The first kappa shape index (κ1) is 15.5. The molecule has 0 saturated carbocycles. The fourth-order valence-electron chi connectivity index (χ4n) is 2.31. The van der Waals surface area contributed by atoms with Crippen molar-refractivity contribution in [2.75, 3.05) is 13.2 Å². The Kier molecular flexibility index (Phi) is 4.08. The van der Waals surface area contributed by atoms with Gasteiger partial charge in [0.15, 0.2) is 0 Å². The topological polar surface area (TPSA) is 66.2 Å². The van der Waals surface area contributed by atoms with Crippen LogP contribution in [0.25, 0.3) is 11.3 Å². The number of ether oxygens (including phenoxy) is 2. The third-order valence-corrected chi connectivity index (χ3v) is 3.54. The van der Waals surface area contributed by atoms with Crippen molar-refractivity contribution in [1.82, 2.24) is 14.8 Å². The summed E-state index contributed by atoms with van der Waals surface area (Å²) in [4.78, 5) is 15.7. The highest BCUT2D eigenvalue weighted by molar-refractivity contribution is 5.57. The lowest BCUT2D eigenvalue weighted by Crippen LogP contribution is -2.45. The van der Waals surface area contributed by atoms with Crippen molar-refractivity contribution in [2.45, 2.75) is 20.1 Å². The van der Waals surface area contributed by atoms with E-state index in [9.17, 15) is 13.6 Å². The molecule has 0 N–H and O–H groups in total. The Hall–Kier alpha value is -2.35. The molecule has 0 atom stereocenters. The maximum absolute atomic E-state index is 12.1. The Bertz CT molecular complexity index is 742. The van der Waals surface area contributed by atoms with E-state index in [4.69, 9.17) is 4.74 Å². The predicted molar refractivity (Wildman–Crippen MR) is 77.3 cm³/mol. The van der Waals surface area contributed by atoms with Crippen LogP contribution >= 0.6 is 0 Å². The van der Waals surface area contributed by atoms with E-state index in [1.54, 1.807) is 12.1 Å². The van der Waals surface area contributed by atoms with Crippen LogP contribution in [-0.4, -0.2) is 34.6 Å². The average molecular weight is 323 g/mol. The van der Waals surface area contributed by atoms with Crippen molar-refractivity contribution in [2.24, 2.45) is 5.41 Å². The van der Waals surface area contributed by atoms with E-state index in [1.165, 1.54) is 23.0 Å². The van der Waals surface area contributed by atoms with Crippen LogP contribution in [0.5, 0.6) is 5.88 Å². The molecule has 0 amide bonds. The van der Waals surface area contributed by atoms with E-state index >= 15 is 0 Å². The van der Waals surface area contributed by atoms with Gasteiger partial charge in [-0.1, -0.05) is 6.92 Å². The summed E-state index contributed by atoms with van der Waals surface area (Å²) in [7, 11) is 0. The Morgan fingerprint density at radius 3 is 2.70 bits per heavy atom. The normalized spacial score (nSPS) is 16.2. The molecule has 3 rings (SSSR count). The molecule has 1 fully saturated rings. The van der Waals surface area contributed by atoms with E-state index in [0.29, 0.717) is 31.0 Å². The Balaban J connectivity index is 1.83. The summed E-state index contributed by atoms with van der Waals surface area (Å²) in [5.41, 5.74) is 0.843. The van der Waals surface area contributed by atoms with Crippen LogP contribution in [0.4, 0.5) is 8.78 Å². The molecule has 0 aromatic carbocycles. The fourth-order valence-corrected chi connectivity index (χ4v) is 2.31. The van der Waals surface area contributed by atoms with Crippen LogP contribution in [0.1, 0.15) is 6.92 Å². The molecule has 1 aliphatic rings. The zero-order valence-corrected chi connectivity index (χ0v) is 12.4. The van der Waals surface area contributed by atoms with E-state index < -0.39 is 6.61 Å². The highest BCUT2D eigenvalue weighted by atomic mass is 19.3. The lowest BCUT2D eigenvalue weighted by Gasteiger charge is -2.37. The summed E-state index contributed by atoms with van der Waals surface area (Å²) in [5, 5.41) is 4.32. The molecule has 0 unspecified atom stereocenters. The van der Waals surface area contributed by atoms with Gasteiger partial charge in [0, 0.05) is 29.3 Å². The van der Waals surface area contributed by atoms with E-state index in [1.807, 2.05) is 6.92 Å². The van der Waals surface area contributed by atoms with Crippen LogP contribution in [0.3, 0.4) is 0 Å². The number of nitrogens with zero attached hydrogens (tertiary/aromatic N) is 3. The third-order valence-electron chi connectivity index (χ3n) is 3.54. The van der Waals surface area contributed by atoms with Gasteiger partial charge < -0.3 is 9.47 Å². The summed E-state index contributed by atoms with van der Waals surface area (Å²) >= 11 is 0. The number of hydrogen-bond acceptors (Lipinski definition) is 5. The minimum absolute atomic E-state index is 0.0946. The van der Waals surface area contributed by atoms with Crippen LogP contribution in [0.2, 0.25) is 0 Å². The average Bonchev–Trinajstić information content (AvgIpc) is 2.48. The summed E-state index contributed by atoms with van der Waals surface area (Å²) < 4.78 is 35.0. The molecule has 0 radical (unpaired) electrons. The van der Waals surface area contributed by atoms with Crippen molar-refractivity contribution >= 4 is 0 Å². The Morgan fingerprint density at radius 2 is 2.13 bits per heavy atom. The van der Waals surface area contributed by atoms with Crippen LogP contribution in [0, 0.1) is 5.41 Å². The molecule has 1 aliphatic heterocycles. The molecule has 2 aromatic rings. The first-order chi connectivity index (χ1) is 11.0. The van der Waals surface area contributed by atoms with Gasteiger partial charge in [-0.05, 0) is 12.1 Å². The summed E-state index contributed by atoms with van der Waals surface area (Å²) in [6, 6.07) is 5.90. The lowest BCUT2D eigenvalue weighted by molar-refractivity contribution is -0.112. The maximum atomic E-state index is 12.1. The number of pyridine rings is 1. The van der Waals surface area contributed by atoms with Crippen LogP contribution in [-0.2, 0) is 11.3 Å². The van der Waals surface area contributed by atoms with Crippen LogP contribution in [0.15, 0.2) is 35.3 Å². The summed E-state index contributed by atoms with van der Waals surface area (Å²) in [6.07, 6.45) is 1.38. The Morgan fingerprint density at radius 1 is 1.35 bits per heavy atom. The van der Waals surface area contributed by atoms with Gasteiger partial charge >= 0.3 is 6.61 Å². The molecule has 0 aliphatic carbocycles. The largest absolute Gasteiger partial charge is 0.417 e. The monoisotopic (exact) mass is 323 g/mol. The number of rotatable bonds is 5. The second-order valence-corrected chi connectivity index (χ2v) is 5.78. The molecular formula is C15H15F2N3O3. The number of hydrogen-bond donors (Lipinski definition) is 0. The van der Waals surface area contributed by atoms with Crippen molar-refractivity contribution in [3.8, 4) is 17.1 Å². The molecule has 3 heterocycles. The quantitative estimate of drug-likeness (QED) is 0.841. The highest BCUT2D eigenvalue weighted by Gasteiger charge is 2.34. The number of halogens is 2. The van der Waals surface area contributed by atoms with Crippen molar-refractivity contribution in [1.29, 1.82) is 0 Å². The first-order valence-electron chi connectivity index (χ1n) is 7.02. The Labute approximate surface area is 130 Å². The standard InChI is InChI=1S/C15H15F2N3O3/c1-15(8-22-9-15)7-20-13(21)5-3-11(19-20)10-2-4-12(18-6-10)23-14(16)17/h2-6,14H,7-9H2,1H3. The lowest BCUT2D eigenvalue weighted by atomic mass is 9.89. The molecule has 6 nitrogen and oxygen atoms in total. The van der Waals surface area contributed by atoms with Gasteiger partial charge in [-0.2, -0.15) is 13.9 Å². The van der Waals surface area contributed by atoms with Crippen molar-refractivity contribution < 1.29 is 18.3 Å². The van der Waals surface area contributed by atoms with Crippen molar-refractivity contribution in [3.05, 3.63) is 40.8 Å². The predicted octanol–water partition coefficient (Wildman–Crippen LogP) is 1.94. The number of alkyl halides is 2. The number of aromatic nitrogens is 3. The fraction of sp³-hybridized carbons (Fsp3) is 0.400. The second-order valence-electron chi connectivity index (χ2n) is 5.78. The second kappa shape index (κ2) is 6.04. The van der Waals surface area contributed by atoms with Gasteiger partial charge in [0.25, 0.3) is 5.56 Å². The van der Waals surface area contributed by atoms with Gasteiger partial charge in [0.1, 0.15) is 0 Å². The summed E-state index contributed by atoms with van der Waals surface area (Å²) in [6.45, 7) is 0.743. The molecule has 23 heavy (non-hydrogen) atoms. The smallest absolute Gasteiger partial charge is 0.388 e. The SMILES string of the molecule is CC1(Cn2nc(-c3ccc(OC(F)F)nc3)ccc2=O)COC1. The van der Waals surface area contributed by atoms with Gasteiger partial charge in [0.2, 0.25) is 5.88 Å². The molecule has 8 heteroatoms. The van der Waals surface area contributed by atoms with E-state index in [0.717, 1.165) is 0 Å². The molecule has 1 saturated heterocycles.